The molecule has 0 spiro atoms. The van der Waals surface area contributed by atoms with E-state index in [1.54, 1.807) is 0 Å². The van der Waals surface area contributed by atoms with E-state index in [0.29, 0.717) is 6.42 Å². The predicted molar refractivity (Wildman–Crippen MR) is 73.8 cm³/mol. The van der Waals surface area contributed by atoms with Crippen LogP contribution < -0.4 is 0 Å². The van der Waals surface area contributed by atoms with E-state index in [0.717, 1.165) is 12.8 Å². The van der Waals surface area contributed by atoms with Gasteiger partial charge in [-0.25, -0.2) is 0 Å². The van der Waals surface area contributed by atoms with Crippen LogP contribution in [0, 0.1) is 0 Å². The van der Waals surface area contributed by atoms with Crippen LogP contribution in [-0.2, 0) is 0 Å². The molecule has 0 aromatic heterocycles. The second-order valence-electron chi connectivity index (χ2n) is 3.40. The Bertz CT molecular complexity index is 137. The van der Waals surface area contributed by atoms with Gasteiger partial charge in [-0.05, 0) is 17.3 Å². The van der Waals surface area contributed by atoms with Crippen LogP contribution in [-0.4, -0.2) is 29.6 Å². The van der Waals surface area contributed by atoms with Gasteiger partial charge >= 0.3 is 0 Å². The standard InChI is InChI=1S/C9H18I2O3/c10-7-5-3-1-2-4-6-8(11)9(12,13)14/h8,12-14H,1-7H2. The van der Waals surface area contributed by atoms with Crippen molar-refractivity contribution >= 4 is 45.2 Å². The zero-order chi connectivity index (χ0) is 11.0. The van der Waals surface area contributed by atoms with E-state index < -0.39 is 9.90 Å². The molecule has 1 atom stereocenters. The van der Waals surface area contributed by atoms with E-state index in [9.17, 15) is 0 Å². The molecule has 0 aliphatic heterocycles. The largest absolute Gasteiger partial charge is 0.343 e. The van der Waals surface area contributed by atoms with Crippen molar-refractivity contribution in [2.75, 3.05) is 4.43 Å². The second kappa shape index (κ2) is 8.49. The molecule has 0 rings (SSSR count). The molecule has 3 N–H and O–H groups in total. The van der Waals surface area contributed by atoms with Gasteiger partial charge in [0.1, 0.15) is 0 Å². The first-order valence-electron chi connectivity index (χ1n) is 4.85. The molecule has 0 radical (unpaired) electrons. The Labute approximate surface area is 113 Å². The van der Waals surface area contributed by atoms with E-state index in [1.165, 1.54) is 23.7 Å². The highest BCUT2D eigenvalue weighted by Gasteiger charge is 2.28. The van der Waals surface area contributed by atoms with Gasteiger partial charge in [0.2, 0.25) is 0 Å². The summed E-state index contributed by atoms with van der Waals surface area (Å²) in [7, 11) is 0. The molecule has 1 unspecified atom stereocenters. The van der Waals surface area contributed by atoms with Crippen LogP contribution in [0.3, 0.4) is 0 Å². The summed E-state index contributed by atoms with van der Waals surface area (Å²) in [5, 5.41) is 26.5. The van der Waals surface area contributed by atoms with Crippen LogP contribution in [0.1, 0.15) is 38.5 Å². The maximum Gasteiger partial charge on any atom is 0.287 e. The second-order valence-corrected chi connectivity index (χ2v) is 5.98. The van der Waals surface area contributed by atoms with Crippen LogP contribution in [0.5, 0.6) is 0 Å². The topological polar surface area (TPSA) is 60.7 Å². The average Bonchev–Trinajstić information content (AvgIpc) is 2.09. The molecule has 14 heavy (non-hydrogen) atoms. The molecule has 0 amide bonds. The first kappa shape index (κ1) is 15.3. The maximum atomic E-state index is 8.83. The zero-order valence-corrected chi connectivity index (χ0v) is 12.4. The minimum Gasteiger partial charge on any atom is -0.343 e. The summed E-state index contributed by atoms with van der Waals surface area (Å²) in [6.45, 7) is 0. The zero-order valence-electron chi connectivity index (χ0n) is 8.12. The van der Waals surface area contributed by atoms with Crippen molar-refractivity contribution in [1.29, 1.82) is 0 Å². The Hall–Kier alpha value is 1.34. The lowest BCUT2D eigenvalue weighted by Crippen LogP contribution is -2.37. The normalized spacial score (nSPS) is 14.4. The minimum atomic E-state index is -2.51. The maximum absolute atomic E-state index is 8.83. The highest BCUT2D eigenvalue weighted by atomic mass is 127. The Kier molecular flexibility index (Phi) is 9.30. The van der Waals surface area contributed by atoms with E-state index in [1.807, 2.05) is 22.6 Å². The summed E-state index contributed by atoms with van der Waals surface area (Å²) in [6, 6.07) is 0. The molecule has 0 bridgehead atoms. The Balaban J connectivity index is 3.28. The van der Waals surface area contributed by atoms with Gasteiger partial charge < -0.3 is 15.3 Å². The monoisotopic (exact) mass is 428 g/mol. The van der Waals surface area contributed by atoms with E-state index in [-0.39, 0.29) is 0 Å². The van der Waals surface area contributed by atoms with Crippen molar-refractivity contribution in [2.45, 2.75) is 48.4 Å². The van der Waals surface area contributed by atoms with Crippen molar-refractivity contribution in [2.24, 2.45) is 0 Å². The molecule has 0 saturated heterocycles. The highest BCUT2D eigenvalue weighted by molar-refractivity contribution is 14.1. The van der Waals surface area contributed by atoms with E-state index >= 15 is 0 Å². The van der Waals surface area contributed by atoms with Crippen LogP contribution in [0.2, 0.25) is 0 Å². The molecule has 0 aromatic rings. The van der Waals surface area contributed by atoms with Gasteiger partial charge in [0.05, 0.1) is 3.92 Å². The Morgan fingerprint density at radius 3 is 1.93 bits per heavy atom. The predicted octanol–water partition coefficient (Wildman–Crippen LogP) is 2.20. The minimum absolute atomic E-state index is 0.496. The summed E-state index contributed by atoms with van der Waals surface area (Å²) in [5.41, 5.74) is 0. The number of hydrogen-bond donors (Lipinski definition) is 3. The molecule has 0 fully saturated rings. The van der Waals surface area contributed by atoms with Gasteiger partial charge in [-0.2, -0.15) is 0 Å². The Morgan fingerprint density at radius 2 is 1.43 bits per heavy atom. The van der Waals surface area contributed by atoms with Gasteiger partial charge in [-0.3, -0.25) is 0 Å². The average molecular weight is 428 g/mol. The number of rotatable bonds is 8. The third-order valence-electron chi connectivity index (χ3n) is 2.01. The van der Waals surface area contributed by atoms with Gasteiger partial charge in [0.15, 0.2) is 0 Å². The first-order chi connectivity index (χ1) is 6.48. The van der Waals surface area contributed by atoms with E-state index in [2.05, 4.69) is 22.6 Å². The molecule has 0 aliphatic rings. The van der Waals surface area contributed by atoms with Crippen LogP contribution in [0.25, 0.3) is 0 Å². The summed E-state index contributed by atoms with van der Waals surface area (Å²) in [6.07, 6.45) is 6.40. The molecular weight excluding hydrogens is 410 g/mol. The summed E-state index contributed by atoms with van der Waals surface area (Å²) >= 11 is 4.23. The van der Waals surface area contributed by atoms with Gasteiger partial charge in [-0.15, -0.1) is 0 Å². The van der Waals surface area contributed by atoms with Crippen LogP contribution in [0.15, 0.2) is 0 Å². The number of hydrogen-bond acceptors (Lipinski definition) is 3. The lowest BCUT2D eigenvalue weighted by Gasteiger charge is -2.20. The number of unbranched alkanes of at least 4 members (excludes halogenated alkanes) is 4. The van der Waals surface area contributed by atoms with Gasteiger partial charge in [0, 0.05) is 0 Å². The fraction of sp³-hybridized carbons (Fsp3) is 1.00. The van der Waals surface area contributed by atoms with Gasteiger partial charge in [0.25, 0.3) is 5.97 Å². The number of alkyl halides is 2. The van der Waals surface area contributed by atoms with E-state index in [4.69, 9.17) is 15.3 Å². The van der Waals surface area contributed by atoms with Crippen molar-refractivity contribution in [3.05, 3.63) is 0 Å². The smallest absolute Gasteiger partial charge is 0.287 e. The molecule has 3 nitrogen and oxygen atoms in total. The summed E-state index contributed by atoms with van der Waals surface area (Å²) in [4.78, 5) is 0. The lowest BCUT2D eigenvalue weighted by molar-refractivity contribution is -0.307. The van der Waals surface area contributed by atoms with Crippen LogP contribution >= 0.6 is 45.2 Å². The molecular formula is C9H18I2O3. The van der Waals surface area contributed by atoms with Crippen molar-refractivity contribution in [3.63, 3.8) is 0 Å². The van der Waals surface area contributed by atoms with Crippen molar-refractivity contribution in [1.82, 2.24) is 0 Å². The fourth-order valence-electron chi connectivity index (χ4n) is 1.14. The molecule has 5 heteroatoms. The molecule has 86 valence electrons. The molecule has 0 aliphatic carbocycles. The van der Waals surface area contributed by atoms with Crippen LogP contribution in [0.4, 0.5) is 0 Å². The first-order valence-corrected chi connectivity index (χ1v) is 7.62. The number of halogens is 2. The summed E-state index contributed by atoms with van der Waals surface area (Å²) in [5.74, 6) is -2.51. The van der Waals surface area contributed by atoms with Gasteiger partial charge in [-0.1, -0.05) is 70.9 Å². The molecule has 0 saturated carbocycles. The van der Waals surface area contributed by atoms with Crippen molar-refractivity contribution < 1.29 is 15.3 Å². The number of aliphatic hydroxyl groups is 3. The SMILES string of the molecule is OC(O)(O)C(I)CCCCCCCI. The molecule has 0 aromatic carbocycles. The third kappa shape index (κ3) is 8.63. The fourth-order valence-corrected chi connectivity index (χ4v) is 2.12. The molecule has 0 heterocycles. The quantitative estimate of drug-likeness (QED) is 0.241. The van der Waals surface area contributed by atoms with Crippen molar-refractivity contribution in [3.8, 4) is 0 Å². The lowest BCUT2D eigenvalue weighted by atomic mass is 10.1. The summed E-state index contributed by atoms with van der Waals surface area (Å²) < 4.78 is 0.712. The Morgan fingerprint density at radius 1 is 0.929 bits per heavy atom. The third-order valence-corrected chi connectivity index (χ3v) is 4.23. The highest BCUT2D eigenvalue weighted by Crippen LogP contribution is 2.20.